The highest BCUT2D eigenvalue weighted by molar-refractivity contribution is 7.89. The first-order valence-corrected chi connectivity index (χ1v) is 6.83. The van der Waals surface area contributed by atoms with Gasteiger partial charge < -0.3 is 5.11 Å². The van der Waals surface area contributed by atoms with E-state index in [1.54, 1.807) is 0 Å². The van der Waals surface area contributed by atoms with Crippen molar-refractivity contribution in [2.75, 3.05) is 18.8 Å². The van der Waals surface area contributed by atoms with Gasteiger partial charge in [-0.2, -0.15) is 4.31 Å². The molecule has 1 aliphatic heterocycles. The highest BCUT2D eigenvalue weighted by atomic mass is 32.2. The van der Waals surface area contributed by atoms with Crippen LogP contribution in [0.15, 0.2) is 0 Å². The number of β-amino-alcohol motifs (C(OH)–C–C–N with tert-alkyl or cyclic N) is 1. The van der Waals surface area contributed by atoms with Gasteiger partial charge in [0.25, 0.3) is 0 Å². The maximum atomic E-state index is 11.7. The van der Waals surface area contributed by atoms with Gasteiger partial charge in [-0.3, -0.25) is 0 Å². The summed E-state index contributed by atoms with van der Waals surface area (Å²) in [6, 6.07) is 0. The molecule has 0 radical (unpaired) electrons. The molecular formula is C9H19NO3S. The Morgan fingerprint density at radius 1 is 1.50 bits per heavy atom. The van der Waals surface area contributed by atoms with Crippen molar-refractivity contribution in [3.63, 3.8) is 0 Å². The summed E-state index contributed by atoms with van der Waals surface area (Å²) in [5.74, 6) is 0.218. The fourth-order valence-electron chi connectivity index (χ4n) is 1.63. The quantitative estimate of drug-likeness (QED) is 0.755. The number of sulfonamides is 1. The van der Waals surface area contributed by atoms with Gasteiger partial charge in [-0.25, -0.2) is 8.42 Å². The topological polar surface area (TPSA) is 57.6 Å². The summed E-state index contributed by atoms with van der Waals surface area (Å²) in [6.07, 6.45) is 2.61. The first-order chi connectivity index (χ1) is 6.56. The Hall–Kier alpha value is -0.130. The first kappa shape index (κ1) is 11.9. The van der Waals surface area contributed by atoms with Crippen LogP contribution >= 0.6 is 0 Å². The normalized spacial score (nSPS) is 25.1. The van der Waals surface area contributed by atoms with Gasteiger partial charge in [-0.1, -0.05) is 13.3 Å². The number of rotatable bonds is 4. The Balaban J connectivity index is 2.53. The van der Waals surface area contributed by atoms with Crippen molar-refractivity contribution in [2.24, 2.45) is 0 Å². The van der Waals surface area contributed by atoms with Crippen LogP contribution in [0.5, 0.6) is 0 Å². The predicted octanol–water partition coefficient (Wildman–Crippen LogP) is 0.573. The zero-order chi connectivity index (χ0) is 10.6. The Morgan fingerprint density at radius 3 is 2.79 bits per heavy atom. The summed E-state index contributed by atoms with van der Waals surface area (Å²) in [5, 5.41) is 9.36. The minimum Gasteiger partial charge on any atom is -0.392 e. The smallest absolute Gasteiger partial charge is 0.214 e. The van der Waals surface area contributed by atoms with E-state index in [0.29, 0.717) is 13.0 Å². The zero-order valence-electron chi connectivity index (χ0n) is 8.65. The molecule has 14 heavy (non-hydrogen) atoms. The van der Waals surface area contributed by atoms with Crippen molar-refractivity contribution in [1.29, 1.82) is 0 Å². The second kappa shape index (κ2) is 5.09. The third-order valence-electron chi connectivity index (χ3n) is 2.51. The van der Waals surface area contributed by atoms with Crippen LogP contribution in [0.2, 0.25) is 0 Å². The second-order valence-corrected chi connectivity index (χ2v) is 5.91. The average molecular weight is 221 g/mol. The first-order valence-electron chi connectivity index (χ1n) is 5.22. The van der Waals surface area contributed by atoms with E-state index in [1.165, 1.54) is 4.31 Å². The van der Waals surface area contributed by atoms with Crippen LogP contribution in [-0.4, -0.2) is 42.8 Å². The summed E-state index contributed by atoms with van der Waals surface area (Å²) in [5.41, 5.74) is 0. The molecule has 1 atom stereocenters. The standard InChI is InChI=1S/C9H19NO3S/c1-2-3-7-14(12,13)10-6-4-5-9(11)8-10/h9,11H,2-8H2,1H3. The Kier molecular flexibility index (Phi) is 4.34. The van der Waals surface area contributed by atoms with Crippen molar-refractivity contribution in [2.45, 2.75) is 38.7 Å². The zero-order valence-corrected chi connectivity index (χ0v) is 9.46. The van der Waals surface area contributed by atoms with Gasteiger partial charge in [0.15, 0.2) is 0 Å². The van der Waals surface area contributed by atoms with Gasteiger partial charge in [-0.15, -0.1) is 0 Å². The monoisotopic (exact) mass is 221 g/mol. The molecule has 1 heterocycles. The molecule has 1 N–H and O–H groups in total. The van der Waals surface area contributed by atoms with Gasteiger partial charge >= 0.3 is 0 Å². The van der Waals surface area contributed by atoms with E-state index < -0.39 is 16.1 Å². The molecule has 0 spiro atoms. The van der Waals surface area contributed by atoms with Crippen molar-refractivity contribution >= 4 is 10.0 Å². The van der Waals surface area contributed by atoms with Crippen LogP contribution in [0.1, 0.15) is 32.6 Å². The predicted molar refractivity (Wildman–Crippen MR) is 55.5 cm³/mol. The lowest BCUT2D eigenvalue weighted by Crippen LogP contribution is -2.43. The number of nitrogens with zero attached hydrogens (tertiary/aromatic N) is 1. The van der Waals surface area contributed by atoms with E-state index in [2.05, 4.69) is 0 Å². The Labute approximate surface area is 86.0 Å². The molecule has 0 aromatic carbocycles. The van der Waals surface area contributed by atoms with Crippen LogP contribution in [-0.2, 0) is 10.0 Å². The third-order valence-corrected chi connectivity index (χ3v) is 4.43. The van der Waals surface area contributed by atoms with Gasteiger partial charge in [0.1, 0.15) is 0 Å². The van der Waals surface area contributed by atoms with Crippen molar-refractivity contribution in [3.05, 3.63) is 0 Å². The maximum Gasteiger partial charge on any atom is 0.214 e. The number of piperidine rings is 1. The number of aliphatic hydroxyl groups is 1. The molecule has 4 nitrogen and oxygen atoms in total. The van der Waals surface area contributed by atoms with Crippen molar-refractivity contribution in [3.8, 4) is 0 Å². The molecule has 0 aromatic rings. The molecule has 0 bridgehead atoms. The van der Waals surface area contributed by atoms with Crippen LogP contribution < -0.4 is 0 Å². The third kappa shape index (κ3) is 3.22. The van der Waals surface area contributed by atoms with Crippen molar-refractivity contribution in [1.82, 2.24) is 4.31 Å². The minimum atomic E-state index is -3.11. The van der Waals surface area contributed by atoms with E-state index in [-0.39, 0.29) is 12.3 Å². The molecule has 1 aliphatic rings. The van der Waals surface area contributed by atoms with E-state index in [1.807, 2.05) is 6.92 Å². The largest absolute Gasteiger partial charge is 0.392 e. The fraction of sp³-hybridized carbons (Fsp3) is 1.00. The van der Waals surface area contributed by atoms with Gasteiger partial charge in [0, 0.05) is 13.1 Å². The average Bonchev–Trinajstić information content (AvgIpc) is 2.15. The molecule has 0 saturated carbocycles. The van der Waals surface area contributed by atoms with Crippen LogP contribution in [0, 0.1) is 0 Å². The van der Waals surface area contributed by atoms with Gasteiger partial charge in [-0.05, 0) is 19.3 Å². The highest BCUT2D eigenvalue weighted by Gasteiger charge is 2.26. The Morgan fingerprint density at radius 2 is 2.21 bits per heavy atom. The molecule has 5 heteroatoms. The van der Waals surface area contributed by atoms with Gasteiger partial charge in [0.2, 0.25) is 10.0 Å². The molecule has 1 saturated heterocycles. The van der Waals surface area contributed by atoms with E-state index in [4.69, 9.17) is 0 Å². The summed E-state index contributed by atoms with van der Waals surface area (Å²) in [7, 11) is -3.11. The molecule has 1 unspecified atom stereocenters. The maximum absolute atomic E-state index is 11.7. The molecule has 0 aromatic heterocycles. The molecule has 1 rings (SSSR count). The number of aliphatic hydroxyl groups excluding tert-OH is 1. The Bertz CT molecular complexity index is 263. The fourth-order valence-corrected chi connectivity index (χ4v) is 3.35. The molecule has 1 fully saturated rings. The van der Waals surface area contributed by atoms with Crippen LogP contribution in [0.25, 0.3) is 0 Å². The second-order valence-electron chi connectivity index (χ2n) is 3.82. The number of unbranched alkanes of at least 4 members (excludes halogenated alkanes) is 1. The van der Waals surface area contributed by atoms with Crippen LogP contribution in [0.4, 0.5) is 0 Å². The number of hydrogen-bond acceptors (Lipinski definition) is 3. The summed E-state index contributed by atoms with van der Waals surface area (Å²) in [6.45, 7) is 2.83. The highest BCUT2D eigenvalue weighted by Crippen LogP contribution is 2.14. The van der Waals surface area contributed by atoms with Gasteiger partial charge in [0.05, 0.1) is 11.9 Å². The number of hydrogen-bond donors (Lipinski definition) is 1. The van der Waals surface area contributed by atoms with E-state index in [9.17, 15) is 13.5 Å². The summed E-state index contributed by atoms with van der Waals surface area (Å²) in [4.78, 5) is 0. The molecule has 0 aliphatic carbocycles. The molecule has 0 amide bonds. The molecule has 84 valence electrons. The van der Waals surface area contributed by atoms with Crippen molar-refractivity contribution < 1.29 is 13.5 Å². The van der Waals surface area contributed by atoms with E-state index >= 15 is 0 Å². The molecular weight excluding hydrogens is 202 g/mol. The summed E-state index contributed by atoms with van der Waals surface area (Å²) < 4.78 is 24.8. The SMILES string of the molecule is CCCCS(=O)(=O)N1CCCC(O)C1. The summed E-state index contributed by atoms with van der Waals surface area (Å²) >= 11 is 0. The lowest BCUT2D eigenvalue weighted by molar-refractivity contribution is 0.108. The van der Waals surface area contributed by atoms with E-state index in [0.717, 1.165) is 19.3 Å². The minimum absolute atomic E-state index is 0.218. The lowest BCUT2D eigenvalue weighted by atomic mass is 10.1. The van der Waals surface area contributed by atoms with Crippen LogP contribution in [0.3, 0.4) is 0 Å². The lowest BCUT2D eigenvalue weighted by Gasteiger charge is -2.29.